The highest BCUT2D eigenvalue weighted by Crippen LogP contribution is 2.35. The number of hydrogen-bond donors (Lipinski definition) is 1. The van der Waals surface area contributed by atoms with Gasteiger partial charge in [0.2, 0.25) is 0 Å². The Labute approximate surface area is 251 Å². The van der Waals surface area contributed by atoms with Crippen LogP contribution in [0.5, 0.6) is 11.5 Å². The summed E-state index contributed by atoms with van der Waals surface area (Å²) < 4.78 is 20.5. The number of ether oxygens (including phenoxy) is 3. The zero-order valence-corrected chi connectivity index (χ0v) is 25.2. The highest BCUT2D eigenvalue weighted by Gasteiger charge is 2.31. The van der Waals surface area contributed by atoms with E-state index in [2.05, 4.69) is 4.99 Å². The van der Waals surface area contributed by atoms with Crippen molar-refractivity contribution in [1.29, 1.82) is 0 Å². The first-order chi connectivity index (χ1) is 20.7. The number of carboxylic acids is 1. The van der Waals surface area contributed by atoms with Crippen molar-refractivity contribution in [2.24, 2.45) is 4.99 Å². The zero-order valence-electron chi connectivity index (χ0n) is 24.4. The SMILES string of the molecule is CCOc1ccc([C@@H]2C(C(=O)OC)=CN=c3s/c(=C\c4cc(C)n(-c5cccc(C(=O)O)c5)c4C)c(=O)n32)cc1OCC. The second kappa shape index (κ2) is 12.1. The fourth-order valence-electron chi connectivity index (χ4n) is 5.24. The highest BCUT2D eigenvalue weighted by molar-refractivity contribution is 7.07. The zero-order chi connectivity index (χ0) is 30.8. The molecule has 1 aliphatic heterocycles. The molecule has 0 saturated heterocycles. The lowest BCUT2D eigenvalue weighted by Crippen LogP contribution is -2.39. The number of rotatable bonds is 9. The summed E-state index contributed by atoms with van der Waals surface area (Å²) in [7, 11) is 1.29. The van der Waals surface area contributed by atoms with Gasteiger partial charge in [-0.1, -0.05) is 23.5 Å². The monoisotopic (exact) mass is 601 g/mol. The first-order valence-electron chi connectivity index (χ1n) is 13.7. The Morgan fingerprint density at radius 2 is 1.79 bits per heavy atom. The fraction of sp³-hybridized carbons (Fsp3) is 0.250. The molecule has 1 aliphatic rings. The van der Waals surface area contributed by atoms with Gasteiger partial charge in [-0.05, 0) is 81.3 Å². The van der Waals surface area contributed by atoms with Gasteiger partial charge in [0.15, 0.2) is 16.3 Å². The number of aromatic nitrogens is 2. The molecule has 43 heavy (non-hydrogen) atoms. The number of thiazole rings is 1. The topological polar surface area (TPSA) is 121 Å². The molecule has 222 valence electrons. The van der Waals surface area contributed by atoms with E-state index >= 15 is 0 Å². The molecule has 0 radical (unpaired) electrons. The fourth-order valence-corrected chi connectivity index (χ4v) is 6.20. The predicted molar refractivity (Wildman–Crippen MR) is 162 cm³/mol. The van der Waals surface area contributed by atoms with Crippen molar-refractivity contribution in [2.45, 2.75) is 33.7 Å². The quantitative estimate of drug-likeness (QED) is 0.289. The molecule has 4 aromatic rings. The van der Waals surface area contributed by atoms with Gasteiger partial charge < -0.3 is 23.9 Å². The van der Waals surface area contributed by atoms with Crippen LogP contribution in [-0.2, 0) is 9.53 Å². The van der Waals surface area contributed by atoms with Gasteiger partial charge in [-0.25, -0.2) is 14.6 Å². The van der Waals surface area contributed by atoms with Gasteiger partial charge in [0.1, 0.15) is 0 Å². The van der Waals surface area contributed by atoms with Gasteiger partial charge >= 0.3 is 11.9 Å². The number of aromatic carboxylic acids is 1. The van der Waals surface area contributed by atoms with Crippen molar-refractivity contribution in [1.82, 2.24) is 9.13 Å². The maximum Gasteiger partial charge on any atom is 0.337 e. The second-order valence-corrected chi connectivity index (χ2v) is 10.8. The Morgan fingerprint density at radius 3 is 2.49 bits per heavy atom. The van der Waals surface area contributed by atoms with Gasteiger partial charge in [-0.15, -0.1) is 0 Å². The second-order valence-electron chi connectivity index (χ2n) is 9.77. The summed E-state index contributed by atoms with van der Waals surface area (Å²) >= 11 is 1.22. The van der Waals surface area contributed by atoms with E-state index < -0.39 is 18.0 Å². The summed E-state index contributed by atoms with van der Waals surface area (Å²) in [6.45, 7) is 8.44. The molecule has 11 heteroatoms. The molecule has 0 bridgehead atoms. The average molecular weight is 602 g/mol. The van der Waals surface area contributed by atoms with Gasteiger partial charge in [-0.3, -0.25) is 9.36 Å². The molecule has 0 unspecified atom stereocenters. The van der Waals surface area contributed by atoms with Crippen LogP contribution in [0.4, 0.5) is 0 Å². The molecule has 0 spiro atoms. The smallest absolute Gasteiger partial charge is 0.337 e. The van der Waals surface area contributed by atoms with Crippen LogP contribution >= 0.6 is 11.3 Å². The number of carbonyl (C=O) groups excluding carboxylic acids is 1. The number of aryl methyl sites for hydroxylation is 1. The summed E-state index contributed by atoms with van der Waals surface area (Å²) in [5.41, 5.74) is 3.95. The molecule has 0 saturated carbocycles. The van der Waals surface area contributed by atoms with Crippen molar-refractivity contribution in [3.05, 3.63) is 108 Å². The summed E-state index contributed by atoms with van der Waals surface area (Å²) in [5, 5.41) is 9.45. The Bertz CT molecular complexity index is 1950. The number of hydrogen-bond acceptors (Lipinski definition) is 8. The molecule has 0 amide bonds. The van der Waals surface area contributed by atoms with E-state index in [1.807, 2.05) is 44.4 Å². The third-order valence-corrected chi connectivity index (χ3v) is 8.11. The van der Waals surface area contributed by atoms with Crippen LogP contribution in [0.15, 0.2) is 70.1 Å². The van der Waals surface area contributed by atoms with Crippen molar-refractivity contribution >= 4 is 29.4 Å². The van der Waals surface area contributed by atoms with Crippen molar-refractivity contribution < 1.29 is 28.9 Å². The largest absolute Gasteiger partial charge is 0.490 e. The number of carboxylic acid groups (broad SMARTS) is 1. The first kappa shape index (κ1) is 29.6. The maximum absolute atomic E-state index is 14.0. The molecule has 1 N–H and O–H groups in total. The van der Waals surface area contributed by atoms with Gasteiger partial charge in [0.25, 0.3) is 5.56 Å². The third kappa shape index (κ3) is 5.51. The van der Waals surface area contributed by atoms with E-state index in [9.17, 15) is 19.5 Å². The average Bonchev–Trinajstić information content (AvgIpc) is 3.47. The van der Waals surface area contributed by atoms with Crippen LogP contribution in [0, 0.1) is 13.8 Å². The molecule has 0 aliphatic carbocycles. The van der Waals surface area contributed by atoms with Crippen molar-refractivity contribution in [3.8, 4) is 17.2 Å². The van der Waals surface area contributed by atoms with Crippen molar-refractivity contribution in [3.63, 3.8) is 0 Å². The summed E-state index contributed by atoms with van der Waals surface area (Å²) in [4.78, 5) is 43.3. The van der Waals surface area contributed by atoms with Crippen LogP contribution in [0.25, 0.3) is 11.8 Å². The molecule has 5 rings (SSSR count). The normalized spacial score (nSPS) is 14.5. The predicted octanol–water partition coefficient (Wildman–Crippen LogP) is 3.92. The van der Waals surface area contributed by atoms with Gasteiger partial charge in [-0.2, -0.15) is 0 Å². The minimum atomic E-state index is -1.01. The first-order valence-corrected chi connectivity index (χ1v) is 14.5. The number of nitrogens with zero attached hydrogens (tertiary/aromatic N) is 3. The number of carbonyl (C=O) groups is 2. The van der Waals surface area contributed by atoms with E-state index in [4.69, 9.17) is 14.2 Å². The lowest BCUT2D eigenvalue weighted by atomic mass is 9.97. The highest BCUT2D eigenvalue weighted by atomic mass is 32.1. The minimum absolute atomic E-state index is 0.183. The van der Waals surface area contributed by atoms with Crippen LogP contribution in [0.3, 0.4) is 0 Å². The molecule has 2 aromatic carbocycles. The summed E-state index contributed by atoms with van der Waals surface area (Å²) in [6, 6.07) is 13.2. The van der Waals surface area contributed by atoms with Crippen LogP contribution in [-0.4, -0.2) is 46.5 Å². The van der Waals surface area contributed by atoms with E-state index in [-0.39, 0.29) is 16.7 Å². The van der Waals surface area contributed by atoms with E-state index in [1.54, 1.807) is 42.5 Å². The Balaban J connectivity index is 1.65. The summed E-state index contributed by atoms with van der Waals surface area (Å²) in [5.74, 6) is -0.535. The molecule has 10 nitrogen and oxygen atoms in total. The van der Waals surface area contributed by atoms with E-state index in [0.717, 1.165) is 17.0 Å². The van der Waals surface area contributed by atoms with Crippen LogP contribution in [0.1, 0.15) is 52.8 Å². The standard InChI is InChI=1S/C32H31N3O7S/c1-6-41-25-12-11-20(15-26(25)42-7-2)28-24(31(39)40-5)17-33-32-35(28)29(36)27(43-32)16-22-13-18(3)34(19(22)4)23-10-8-9-21(14-23)30(37)38/h8-17,28H,6-7H2,1-5H3,(H,37,38)/b27-16-/t28-/m1/s1. The number of fused-ring (bicyclic) bond motifs is 1. The van der Waals surface area contributed by atoms with E-state index in [1.165, 1.54) is 29.2 Å². The molecule has 1 atom stereocenters. The Kier molecular flexibility index (Phi) is 8.36. The van der Waals surface area contributed by atoms with Gasteiger partial charge in [0, 0.05) is 23.3 Å². The maximum atomic E-state index is 14.0. The molecular weight excluding hydrogens is 570 g/mol. The van der Waals surface area contributed by atoms with Gasteiger partial charge in [0.05, 0.1) is 42.0 Å². The van der Waals surface area contributed by atoms with Crippen LogP contribution in [0.2, 0.25) is 0 Å². The number of esters is 1. The van der Waals surface area contributed by atoms with Crippen molar-refractivity contribution in [2.75, 3.05) is 20.3 Å². The van der Waals surface area contributed by atoms with E-state index in [0.29, 0.717) is 45.3 Å². The van der Waals surface area contributed by atoms with Crippen LogP contribution < -0.4 is 24.4 Å². The lowest BCUT2D eigenvalue weighted by Gasteiger charge is -2.23. The lowest BCUT2D eigenvalue weighted by molar-refractivity contribution is -0.136. The summed E-state index contributed by atoms with van der Waals surface area (Å²) in [6.07, 6.45) is 3.25. The number of methoxy groups -OCH3 is 1. The molecule has 0 fully saturated rings. The molecule has 3 heterocycles. The minimum Gasteiger partial charge on any atom is -0.490 e. The Morgan fingerprint density at radius 1 is 1.05 bits per heavy atom. The molecule has 2 aromatic heterocycles. The molecular formula is C32H31N3O7S. The number of benzene rings is 2. The Hall–Kier alpha value is -4.90. The third-order valence-electron chi connectivity index (χ3n) is 7.12.